The van der Waals surface area contributed by atoms with E-state index < -0.39 is 5.41 Å². The van der Waals surface area contributed by atoms with E-state index in [1.54, 1.807) is 0 Å². The zero-order valence-electron chi connectivity index (χ0n) is 33.6. The molecule has 0 N–H and O–H groups in total. The molecule has 0 saturated carbocycles. The standard InChI is InChI=1S/C59H36N2S/c1-2-15-37(16-3-1)58-60-54(40-18-14-17-38(33-40)39-29-31-46-44-21-5-4-19-42(44)43-20-6-7-22-45(43)49(46)34-39)36-55(61-58)41-30-32-57-53(35-41)59(52-27-12-13-28-56(52)62-57)50-25-10-8-23-47(50)48-24-9-11-26-51(48)59/h1-36H. The predicted molar refractivity (Wildman–Crippen MR) is 258 cm³/mol. The van der Waals surface area contributed by atoms with Gasteiger partial charge in [0.1, 0.15) is 0 Å². The molecule has 2 heterocycles. The summed E-state index contributed by atoms with van der Waals surface area (Å²) in [7, 11) is 0. The van der Waals surface area contributed by atoms with E-state index in [1.165, 1.54) is 81.1 Å². The first-order valence-corrected chi connectivity index (χ1v) is 22.0. The van der Waals surface area contributed by atoms with E-state index in [0.29, 0.717) is 5.82 Å². The van der Waals surface area contributed by atoms with Crippen molar-refractivity contribution in [2.45, 2.75) is 15.2 Å². The first-order chi connectivity index (χ1) is 30.7. The number of nitrogens with zero attached hydrogens (tertiary/aromatic N) is 2. The third-order valence-corrected chi connectivity index (χ3v) is 14.3. The predicted octanol–water partition coefficient (Wildman–Crippen LogP) is 15.4. The Bertz CT molecular complexity index is 3550. The Morgan fingerprint density at radius 2 is 0.774 bits per heavy atom. The van der Waals surface area contributed by atoms with Gasteiger partial charge in [-0.05, 0) is 113 Å². The quantitative estimate of drug-likeness (QED) is 0.166. The Morgan fingerprint density at radius 3 is 1.47 bits per heavy atom. The molecule has 288 valence electrons. The highest BCUT2D eigenvalue weighted by molar-refractivity contribution is 7.99. The summed E-state index contributed by atoms with van der Waals surface area (Å²) in [4.78, 5) is 13.2. The van der Waals surface area contributed by atoms with Crippen molar-refractivity contribution in [3.63, 3.8) is 0 Å². The molecule has 2 aliphatic rings. The van der Waals surface area contributed by atoms with Gasteiger partial charge in [-0.3, -0.25) is 0 Å². The summed E-state index contributed by atoms with van der Waals surface area (Å²) in [6.07, 6.45) is 0. The largest absolute Gasteiger partial charge is 0.228 e. The molecule has 0 bridgehead atoms. The van der Waals surface area contributed by atoms with Crippen molar-refractivity contribution in [3.8, 4) is 56.2 Å². The van der Waals surface area contributed by atoms with Crippen molar-refractivity contribution in [1.82, 2.24) is 9.97 Å². The summed E-state index contributed by atoms with van der Waals surface area (Å²) in [5.74, 6) is 0.705. The van der Waals surface area contributed by atoms with Crippen LogP contribution in [0.4, 0.5) is 0 Å². The average molecular weight is 805 g/mol. The molecular weight excluding hydrogens is 769 g/mol. The van der Waals surface area contributed by atoms with Gasteiger partial charge in [0.25, 0.3) is 0 Å². The van der Waals surface area contributed by atoms with Crippen LogP contribution in [0.5, 0.6) is 0 Å². The molecule has 0 atom stereocenters. The van der Waals surface area contributed by atoms with Gasteiger partial charge >= 0.3 is 0 Å². The van der Waals surface area contributed by atoms with Crippen LogP contribution in [0.15, 0.2) is 228 Å². The summed E-state index contributed by atoms with van der Waals surface area (Å²) >= 11 is 1.86. The molecule has 1 spiro atoms. The van der Waals surface area contributed by atoms with Crippen molar-refractivity contribution in [3.05, 3.63) is 241 Å². The molecule has 0 unspecified atom stereocenters. The highest BCUT2D eigenvalue weighted by Crippen LogP contribution is 2.62. The molecule has 0 fully saturated rings. The van der Waals surface area contributed by atoms with Crippen LogP contribution in [0.2, 0.25) is 0 Å². The van der Waals surface area contributed by atoms with Crippen LogP contribution in [0, 0.1) is 0 Å². The number of aromatic nitrogens is 2. The molecule has 1 aliphatic heterocycles. The minimum atomic E-state index is -0.468. The molecule has 0 amide bonds. The molecule has 3 heteroatoms. The summed E-state index contributed by atoms with van der Waals surface area (Å²) < 4.78 is 0. The van der Waals surface area contributed by atoms with Crippen LogP contribution in [-0.4, -0.2) is 9.97 Å². The third-order valence-electron chi connectivity index (χ3n) is 13.1. The number of rotatable bonds is 4. The Balaban J connectivity index is 0.991. The Labute approximate surface area is 364 Å². The Morgan fingerprint density at radius 1 is 0.290 bits per heavy atom. The monoisotopic (exact) mass is 804 g/mol. The summed E-state index contributed by atoms with van der Waals surface area (Å²) in [6, 6.07) is 79.8. The average Bonchev–Trinajstić information content (AvgIpc) is 3.64. The SMILES string of the molecule is c1ccc(-c2nc(-c3cccc(-c4ccc5c6ccccc6c6ccccc6c5c4)c3)cc(-c3ccc4c(c3)C3(c5ccccc5S4)c4ccccc4-c4ccccc43)n2)cc1. The maximum absolute atomic E-state index is 5.35. The molecule has 1 aromatic heterocycles. The van der Waals surface area contributed by atoms with Crippen molar-refractivity contribution >= 4 is 44.1 Å². The van der Waals surface area contributed by atoms with Crippen molar-refractivity contribution in [1.29, 1.82) is 0 Å². The maximum Gasteiger partial charge on any atom is 0.160 e. The van der Waals surface area contributed by atoms with Crippen molar-refractivity contribution in [2.24, 2.45) is 0 Å². The van der Waals surface area contributed by atoms with Gasteiger partial charge in [0.2, 0.25) is 0 Å². The van der Waals surface area contributed by atoms with E-state index in [2.05, 4.69) is 212 Å². The van der Waals surface area contributed by atoms with Crippen LogP contribution in [-0.2, 0) is 5.41 Å². The van der Waals surface area contributed by atoms with Crippen LogP contribution in [0.25, 0.3) is 88.5 Å². The fraction of sp³-hybridized carbons (Fsp3) is 0.0169. The lowest BCUT2D eigenvalue weighted by atomic mass is 9.67. The second-order valence-corrected chi connectivity index (χ2v) is 17.5. The number of hydrogen-bond acceptors (Lipinski definition) is 3. The van der Waals surface area contributed by atoms with E-state index in [9.17, 15) is 0 Å². The molecule has 13 rings (SSSR count). The van der Waals surface area contributed by atoms with Gasteiger partial charge in [0.05, 0.1) is 16.8 Å². The van der Waals surface area contributed by atoms with Gasteiger partial charge in [-0.2, -0.15) is 0 Å². The Kier molecular flexibility index (Phi) is 7.79. The molecule has 2 nitrogen and oxygen atoms in total. The zero-order chi connectivity index (χ0) is 40.8. The zero-order valence-corrected chi connectivity index (χ0v) is 34.4. The fourth-order valence-electron chi connectivity index (χ4n) is 10.4. The van der Waals surface area contributed by atoms with Crippen LogP contribution in [0.1, 0.15) is 22.3 Å². The van der Waals surface area contributed by atoms with Crippen LogP contribution < -0.4 is 0 Å². The molecule has 1 aliphatic carbocycles. The maximum atomic E-state index is 5.35. The lowest BCUT2D eigenvalue weighted by Crippen LogP contribution is -2.32. The van der Waals surface area contributed by atoms with Gasteiger partial charge in [-0.15, -0.1) is 0 Å². The minimum absolute atomic E-state index is 0.468. The fourth-order valence-corrected chi connectivity index (χ4v) is 11.6. The molecule has 62 heavy (non-hydrogen) atoms. The first kappa shape index (κ1) is 35.2. The summed E-state index contributed by atoms with van der Waals surface area (Å²) in [5, 5.41) is 7.64. The van der Waals surface area contributed by atoms with Crippen LogP contribution >= 0.6 is 11.8 Å². The van der Waals surface area contributed by atoms with E-state index in [1.807, 2.05) is 17.8 Å². The van der Waals surface area contributed by atoms with Crippen molar-refractivity contribution in [2.75, 3.05) is 0 Å². The van der Waals surface area contributed by atoms with Gasteiger partial charge in [0, 0.05) is 26.5 Å². The van der Waals surface area contributed by atoms with E-state index in [0.717, 1.165) is 33.6 Å². The van der Waals surface area contributed by atoms with E-state index in [-0.39, 0.29) is 0 Å². The molecule has 11 aromatic rings. The summed E-state index contributed by atoms with van der Waals surface area (Å²) in [6.45, 7) is 0. The number of fused-ring (bicyclic) bond motifs is 15. The second kappa shape index (κ2) is 13.7. The summed E-state index contributed by atoms with van der Waals surface area (Å²) in [5.41, 5.74) is 14.6. The lowest BCUT2D eigenvalue weighted by Gasteiger charge is -2.39. The molecule has 0 radical (unpaired) electrons. The highest BCUT2D eigenvalue weighted by Gasteiger charge is 2.50. The molecular formula is C59H36N2S. The smallest absolute Gasteiger partial charge is 0.160 e. The van der Waals surface area contributed by atoms with Crippen LogP contribution in [0.3, 0.4) is 0 Å². The Hall–Kier alpha value is -7.59. The van der Waals surface area contributed by atoms with Gasteiger partial charge < -0.3 is 0 Å². The van der Waals surface area contributed by atoms with E-state index >= 15 is 0 Å². The number of hydrogen-bond donors (Lipinski definition) is 0. The highest BCUT2D eigenvalue weighted by atomic mass is 32.2. The van der Waals surface area contributed by atoms with Crippen molar-refractivity contribution < 1.29 is 0 Å². The molecule has 10 aromatic carbocycles. The van der Waals surface area contributed by atoms with Gasteiger partial charge in [0.15, 0.2) is 5.82 Å². The normalized spacial score (nSPS) is 13.2. The van der Waals surface area contributed by atoms with E-state index in [4.69, 9.17) is 9.97 Å². The lowest BCUT2D eigenvalue weighted by molar-refractivity contribution is 0.722. The van der Waals surface area contributed by atoms with Gasteiger partial charge in [-0.25, -0.2) is 9.97 Å². The molecule has 0 saturated heterocycles. The topological polar surface area (TPSA) is 25.8 Å². The first-order valence-electron chi connectivity index (χ1n) is 21.2. The second-order valence-electron chi connectivity index (χ2n) is 16.4. The minimum Gasteiger partial charge on any atom is -0.228 e. The van der Waals surface area contributed by atoms with Gasteiger partial charge in [-0.1, -0.05) is 194 Å². The number of benzene rings is 10. The third kappa shape index (κ3) is 5.19.